The normalized spacial score (nSPS) is 22.5. The summed E-state index contributed by atoms with van der Waals surface area (Å²) in [5.41, 5.74) is 0.462. The molecule has 8 heteroatoms. The molecule has 2 aliphatic heterocycles. The minimum absolute atomic E-state index is 0.163. The van der Waals surface area contributed by atoms with Gasteiger partial charge in [0.15, 0.2) is 0 Å². The van der Waals surface area contributed by atoms with E-state index >= 15 is 0 Å². The molecule has 170 valence electrons. The van der Waals surface area contributed by atoms with Crippen LogP contribution in [0, 0.1) is 0 Å². The van der Waals surface area contributed by atoms with Gasteiger partial charge in [-0.1, -0.05) is 24.3 Å². The number of carbonyl (C=O) groups is 2. The molecule has 1 aromatic rings. The van der Waals surface area contributed by atoms with Gasteiger partial charge in [0, 0.05) is 13.1 Å². The van der Waals surface area contributed by atoms with Gasteiger partial charge in [-0.25, -0.2) is 4.79 Å². The number of rotatable bonds is 4. The van der Waals surface area contributed by atoms with E-state index in [1.165, 1.54) is 4.90 Å². The summed E-state index contributed by atoms with van der Waals surface area (Å²) in [5, 5.41) is 2.97. The Kier molecular flexibility index (Phi) is 6.45. The lowest BCUT2D eigenvalue weighted by Gasteiger charge is -2.32. The number of likely N-dealkylation sites (tertiary alicyclic amines) is 1. The van der Waals surface area contributed by atoms with E-state index in [9.17, 15) is 9.59 Å². The highest BCUT2D eigenvalue weighted by Crippen LogP contribution is 2.36. The van der Waals surface area contributed by atoms with E-state index in [2.05, 4.69) is 5.32 Å². The van der Waals surface area contributed by atoms with Gasteiger partial charge in [-0.2, -0.15) is 0 Å². The highest BCUT2D eigenvalue weighted by molar-refractivity contribution is 6.62. The average Bonchev–Trinajstić information content (AvgIpc) is 3.21. The van der Waals surface area contributed by atoms with Crippen LogP contribution in [0.2, 0.25) is 0 Å². The molecule has 2 fully saturated rings. The summed E-state index contributed by atoms with van der Waals surface area (Å²) in [7, 11) is -0.446. The zero-order chi connectivity index (χ0) is 23.0. The van der Waals surface area contributed by atoms with E-state index < -0.39 is 36.1 Å². The minimum atomic E-state index is -0.589. The second-order valence-corrected chi connectivity index (χ2v) is 10.4. The number of amides is 2. The third-order valence-electron chi connectivity index (χ3n) is 6.13. The number of ether oxygens (including phenoxy) is 1. The van der Waals surface area contributed by atoms with Crippen LogP contribution < -0.4 is 10.8 Å². The summed E-state index contributed by atoms with van der Waals surface area (Å²) in [6.07, 6.45) is 0.987. The molecule has 0 unspecified atom stereocenters. The highest BCUT2D eigenvalue weighted by Gasteiger charge is 2.51. The van der Waals surface area contributed by atoms with Crippen molar-refractivity contribution in [2.24, 2.45) is 0 Å². The predicted molar refractivity (Wildman–Crippen MR) is 120 cm³/mol. The number of hydrogen-bond acceptors (Lipinski definition) is 5. The maximum atomic E-state index is 12.8. The van der Waals surface area contributed by atoms with Crippen molar-refractivity contribution in [3.05, 3.63) is 29.8 Å². The molecule has 0 radical (unpaired) electrons. The zero-order valence-corrected chi connectivity index (χ0v) is 19.8. The minimum Gasteiger partial charge on any atom is -0.444 e. The van der Waals surface area contributed by atoms with Gasteiger partial charge in [-0.3, -0.25) is 9.69 Å². The van der Waals surface area contributed by atoms with Gasteiger partial charge >= 0.3 is 13.2 Å². The summed E-state index contributed by atoms with van der Waals surface area (Å²) >= 11 is 0. The van der Waals surface area contributed by atoms with Crippen LogP contribution in [0.25, 0.3) is 0 Å². The van der Waals surface area contributed by atoms with E-state index in [1.807, 2.05) is 72.7 Å². The van der Waals surface area contributed by atoms with Crippen LogP contribution in [0.3, 0.4) is 0 Å². The van der Waals surface area contributed by atoms with Crippen LogP contribution in [-0.2, 0) is 25.4 Å². The molecule has 3 rings (SSSR count). The van der Waals surface area contributed by atoms with Crippen LogP contribution in [-0.4, -0.2) is 53.4 Å². The third kappa shape index (κ3) is 5.41. The third-order valence-corrected chi connectivity index (χ3v) is 6.13. The lowest BCUT2D eigenvalue weighted by atomic mass is 9.78. The summed E-state index contributed by atoms with van der Waals surface area (Å²) in [6.45, 7) is 14.5. The second-order valence-electron chi connectivity index (χ2n) is 10.4. The molecule has 0 saturated carbocycles. The zero-order valence-electron chi connectivity index (χ0n) is 19.8. The molecule has 0 aliphatic carbocycles. The van der Waals surface area contributed by atoms with Crippen molar-refractivity contribution >= 4 is 24.6 Å². The van der Waals surface area contributed by atoms with Crippen molar-refractivity contribution in [3.8, 4) is 0 Å². The van der Waals surface area contributed by atoms with Gasteiger partial charge in [-0.05, 0) is 72.3 Å². The number of hydrogen-bond donors (Lipinski definition) is 1. The predicted octanol–water partition coefficient (Wildman–Crippen LogP) is 3.00. The Balaban J connectivity index is 1.61. The van der Waals surface area contributed by atoms with Crippen LogP contribution >= 0.6 is 0 Å². The largest absolute Gasteiger partial charge is 0.494 e. The van der Waals surface area contributed by atoms with E-state index in [-0.39, 0.29) is 5.91 Å². The molecule has 0 spiro atoms. The molecule has 2 saturated heterocycles. The molecular weight excluding hydrogens is 395 g/mol. The van der Waals surface area contributed by atoms with Crippen LogP contribution in [0.1, 0.15) is 66.9 Å². The van der Waals surface area contributed by atoms with Gasteiger partial charge in [-0.15, -0.1) is 0 Å². The Morgan fingerprint density at radius 3 is 2.45 bits per heavy atom. The number of benzene rings is 1. The monoisotopic (exact) mass is 430 g/mol. The van der Waals surface area contributed by atoms with Crippen molar-refractivity contribution in [1.29, 1.82) is 0 Å². The Bertz CT molecular complexity index is 818. The Labute approximate surface area is 185 Å². The topological polar surface area (TPSA) is 77.1 Å². The molecule has 31 heavy (non-hydrogen) atoms. The van der Waals surface area contributed by atoms with Crippen molar-refractivity contribution < 1.29 is 23.6 Å². The first-order valence-electron chi connectivity index (χ1n) is 11.0. The first-order chi connectivity index (χ1) is 14.3. The van der Waals surface area contributed by atoms with Crippen molar-refractivity contribution in [1.82, 2.24) is 10.2 Å². The van der Waals surface area contributed by atoms with Gasteiger partial charge < -0.3 is 19.4 Å². The van der Waals surface area contributed by atoms with E-state index in [0.717, 1.165) is 17.4 Å². The van der Waals surface area contributed by atoms with Crippen LogP contribution in [0.4, 0.5) is 4.79 Å². The molecule has 2 aliphatic rings. The SMILES string of the molecule is CC(C)(C)OC(=O)N1CCC[C@H]1C(=O)NCc1cccc(B2OC(C)(C)C(C)(C)O2)c1. The standard InChI is InChI=1S/C23H35BN2O5/c1-21(2,3)29-20(28)26-13-9-12-18(26)19(27)25-15-16-10-8-11-17(14-16)24-30-22(4,5)23(6,7)31-24/h8,10-11,14,18H,9,12-13,15H2,1-7H3,(H,25,27)/t18-/m0/s1. The molecular formula is C23H35BN2O5. The van der Waals surface area contributed by atoms with Crippen LogP contribution in [0.15, 0.2) is 24.3 Å². The Morgan fingerprint density at radius 1 is 1.19 bits per heavy atom. The van der Waals surface area contributed by atoms with Crippen molar-refractivity contribution in [3.63, 3.8) is 0 Å². The molecule has 1 N–H and O–H groups in total. The fourth-order valence-corrected chi connectivity index (χ4v) is 3.71. The number of nitrogens with zero attached hydrogens (tertiary/aromatic N) is 1. The first kappa shape index (κ1) is 23.6. The van der Waals surface area contributed by atoms with E-state index in [4.69, 9.17) is 14.0 Å². The van der Waals surface area contributed by atoms with Crippen molar-refractivity contribution in [2.75, 3.05) is 6.54 Å². The summed E-state index contributed by atoms with van der Waals surface area (Å²) in [5.74, 6) is -0.163. The van der Waals surface area contributed by atoms with E-state index in [0.29, 0.717) is 19.5 Å². The van der Waals surface area contributed by atoms with Crippen LogP contribution in [0.5, 0.6) is 0 Å². The molecule has 2 amide bonds. The number of nitrogens with one attached hydrogen (secondary N) is 1. The smallest absolute Gasteiger partial charge is 0.444 e. The van der Waals surface area contributed by atoms with E-state index in [1.54, 1.807) is 0 Å². The lowest BCUT2D eigenvalue weighted by Crippen LogP contribution is -2.47. The fraction of sp³-hybridized carbons (Fsp3) is 0.652. The average molecular weight is 430 g/mol. The maximum absolute atomic E-state index is 12.8. The fourth-order valence-electron chi connectivity index (χ4n) is 3.71. The van der Waals surface area contributed by atoms with Gasteiger partial charge in [0.05, 0.1) is 11.2 Å². The Morgan fingerprint density at radius 2 is 1.84 bits per heavy atom. The summed E-state index contributed by atoms with van der Waals surface area (Å²) in [4.78, 5) is 26.8. The molecule has 1 atom stereocenters. The highest BCUT2D eigenvalue weighted by atomic mass is 16.7. The van der Waals surface area contributed by atoms with Gasteiger partial charge in [0.1, 0.15) is 11.6 Å². The summed E-state index contributed by atoms with van der Waals surface area (Å²) < 4.78 is 17.7. The van der Waals surface area contributed by atoms with Gasteiger partial charge in [0.25, 0.3) is 0 Å². The first-order valence-corrected chi connectivity index (χ1v) is 11.0. The molecule has 7 nitrogen and oxygen atoms in total. The lowest BCUT2D eigenvalue weighted by molar-refractivity contribution is -0.125. The van der Waals surface area contributed by atoms with Crippen molar-refractivity contribution in [2.45, 2.75) is 90.7 Å². The molecule has 0 bridgehead atoms. The summed E-state index contributed by atoms with van der Waals surface area (Å²) in [6, 6.07) is 7.35. The molecule has 0 aromatic heterocycles. The molecule has 2 heterocycles. The second kappa shape index (κ2) is 8.47. The Hall–Kier alpha value is -2.06. The quantitative estimate of drug-likeness (QED) is 0.744. The number of carbonyl (C=O) groups excluding carboxylic acids is 2. The van der Waals surface area contributed by atoms with Gasteiger partial charge in [0.2, 0.25) is 5.91 Å². The maximum Gasteiger partial charge on any atom is 0.494 e. The molecule has 1 aromatic carbocycles.